The lowest BCUT2D eigenvalue weighted by atomic mass is 10.1. The van der Waals surface area contributed by atoms with Gasteiger partial charge in [0.25, 0.3) is 0 Å². The second kappa shape index (κ2) is 7.18. The summed E-state index contributed by atoms with van der Waals surface area (Å²) in [5.41, 5.74) is 0. The third-order valence-electron chi connectivity index (χ3n) is 1.57. The average molecular weight is 247 g/mol. The molecular formula is C6H14S5. The molecule has 0 spiro atoms. The van der Waals surface area contributed by atoms with Gasteiger partial charge in [0.1, 0.15) is 0 Å². The van der Waals surface area contributed by atoms with Gasteiger partial charge in [0.05, 0.1) is 0 Å². The largest absolute Gasteiger partial charge is 0.179 e. The van der Waals surface area contributed by atoms with Crippen LogP contribution in [0.2, 0.25) is 0 Å². The number of hydrogen-bond donors (Lipinski definition) is 5. The van der Waals surface area contributed by atoms with Crippen molar-refractivity contribution < 1.29 is 0 Å². The van der Waals surface area contributed by atoms with Gasteiger partial charge in [0.15, 0.2) is 0 Å². The van der Waals surface area contributed by atoms with Crippen LogP contribution in [0, 0.1) is 5.92 Å². The molecule has 0 aliphatic rings. The summed E-state index contributed by atoms with van der Waals surface area (Å²) in [5, 5.41) is 0.538. The molecule has 0 aromatic heterocycles. The monoisotopic (exact) mass is 246 g/mol. The first-order chi connectivity index (χ1) is 5.17. The average Bonchev–Trinajstić information content (AvgIpc) is 2.05. The molecule has 68 valence electrons. The summed E-state index contributed by atoms with van der Waals surface area (Å²) in [6.07, 6.45) is 0. The minimum atomic E-state index is 0.269. The van der Waals surface area contributed by atoms with E-state index >= 15 is 0 Å². The Morgan fingerprint density at radius 3 is 1.27 bits per heavy atom. The van der Waals surface area contributed by atoms with Gasteiger partial charge in [-0.3, -0.25) is 0 Å². The van der Waals surface area contributed by atoms with E-state index in [0.717, 1.165) is 17.3 Å². The Morgan fingerprint density at radius 2 is 1.09 bits per heavy atom. The van der Waals surface area contributed by atoms with E-state index in [4.69, 9.17) is 0 Å². The van der Waals surface area contributed by atoms with Crippen LogP contribution in [0.3, 0.4) is 0 Å². The van der Waals surface area contributed by atoms with Gasteiger partial charge in [-0.25, -0.2) is 0 Å². The summed E-state index contributed by atoms with van der Waals surface area (Å²) >= 11 is 21.4. The van der Waals surface area contributed by atoms with Crippen LogP contribution in [0.25, 0.3) is 0 Å². The van der Waals surface area contributed by atoms with Crippen molar-refractivity contribution >= 4 is 63.1 Å². The second-order valence-corrected chi connectivity index (χ2v) is 4.77. The Balaban J connectivity index is 3.92. The summed E-state index contributed by atoms with van der Waals surface area (Å²) in [5.74, 6) is 2.71. The summed E-state index contributed by atoms with van der Waals surface area (Å²) in [6, 6.07) is 0. The maximum atomic E-state index is 4.39. The molecule has 0 saturated carbocycles. The Labute approximate surface area is 96.3 Å². The molecule has 0 nitrogen and oxygen atoms in total. The molecule has 11 heavy (non-hydrogen) atoms. The minimum Gasteiger partial charge on any atom is -0.179 e. The van der Waals surface area contributed by atoms with E-state index in [-0.39, 0.29) is 10.5 Å². The van der Waals surface area contributed by atoms with Crippen molar-refractivity contribution in [3.05, 3.63) is 0 Å². The highest BCUT2D eigenvalue weighted by Gasteiger charge is 2.21. The van der Waals surface area contributed by atoms with Crippen molar-refractivity contribution in [3.8, 4) is 0 Å². The molecule has 2 atom stereocenters. The van der Waals surface area contributed by atoms with E-state index in [1.165, 1.54) is 0 Å². The van der Waals surface area contributed by atoms with Crippen molar-refractivity contribution in [2.24, 2.45) is 5.92 Å². The van der Waals surface area contributed by atoms with E-state index in [1.807, 2.05) is 0 Å². The van der Waals surface area contributed by atoms with Gasteiger partial charge in [-0.15, -0.1) is 0 Å². The minimum absolute atomic E-state index is 0.269. The van der Waals surface area contributed by atoms with Gasteiger partial charge < -0.3 is 0 Å². The molecule has 0 radical (unpaired) electrons. The molecule has 5 heteroatoms. The van der Waals surface area contributed by atoms with Crippen LogP contribution in [-0.2, 0) is 0 Å². The normalized spacial score (nSPS) is 19.4. The maximum Gasteiger partial charge on any atom is 0.0152 e. The van der Waals surface area contributed by atoms with Gasteiger partial charge in [-0.1, -0.05) is 0 Å². The number of rotatable bonds is 5. The Morgan fingerprint density at radius 1 is 0.727 bits per heavy atom. The maximum absolute atomic E-state index is 4.39. The molecule has 0 rings (SSSR count). The third kappa shape index (κ3) is 4.50. The summed E-state index contributed by atoms with van der Waals surface area (Å²) < 4.78 is 0. The molecule has 0 bridgehead atoms. The zero-order valence-electron chi connectivity index (χ0n) is 6.09. The Bertz CT molecular complexity index is 87.0. The third-order valence-corrected chi connectivity index (χ3v) is 4.49. The predicted octanol–water partition coefficient (Wildman–Crippen LogP) is 1.99. The van der Waals surface area contributed by atoms with E-state index in [1.54, 1.807) is 0 Å². The standard InChI is InChI=1S/C6H14S5/c7-1-4(5(10)2-8)6(11)3-9/h4-11H,1-3H2. The van der Waals surface area contributed by atoms with Crippen molar-refractivity contribution in [2.75, 3.05) is 17.3 Å². The smallest absolute Gasteiger partial charge is 0.0152 e. The molecular weight excluding hydrogens is 232 g/mol. The quantitative estimate of drug-likeness (QED) is 0.450. The predicted molar refractivity (Wildman–Crippen MR) is 70.6 cm³/mol. The van der Waals surface area contributed by atoms with Crippen molar-refractivity contribution in [1.82, 2.24) is 0 Å². The van der Waals surface area contributed by atoms with Crippen molar-refractivity contribution in [2.45, 2.75) is 10.5 Å². The molecule has 0 fully saturated rings. The fourth-order valence-corrected chi connectivity index (χ4v) is 2.92. The molecule has 0 saturated heterocycles. The van der Waals surface area contributed by atoms with E-state index in [2.05, 4.69) is 63.1 Å². The van der Waals surface area contributed by atoms with Crippen LogP contribution < -0.4 is 0 Å². The number of hydrogen-bond acceptors (Lipinski definition) is 5. The highest BCUT2D eigenvalue weighted by molar-refractivity contribution is 7.86. The van der Waals surface area contributed by atoms with E-state index < -0.39 is 0 Å². The van der Waals surface area contributed by atoms with Crippen LogP contribution in [0.5, 0.6) is 0 Å². The highest BCUT2D eigenvalue weighted by Crippen LogP contribution is 2.22. The summed E-state index contributed by atoms with van der Waals surface area (Å²) in [4.78, 5) is 0. The molecule has 0 N–H and O–H groups in total. The molecule has 0 aromatic carbocycles. The van der Waals surface area contributed by atoms with Crippen LogP contribution >= 0.6 is 63.1 Å². The first-order valence-electron chi connectivity index (χ1n) is 3.36. The molecule has 0 amide bonds. The highest BCUT2D eigenvalue weighted by atomic mass is 32.1. The fraction of sp³-hybridized carbons (Fsp3) is 1.00. The van der Waals surface area contributed by atoms with Crippen LogP contribution in [0.1, 0.15) is 0 Å². The van der Waals surface area contributed by atoms with Crippen molar-refractivity contribution in [3.63, 3.8) is 0 Å². The van der Waals surface area contributed by atoms with Gasteiger partial charge in [0, 0.05) is 22.0 Å². The second-order valence-electron chi connectivity index (χ2n) is 2.35. The molecule has 0 aliphatic heterocycles. The zero-order valence-corrected chi connectivity index (χ0v) is 10.6. The van der Waals surface area contributed by atoms with E-state index in [0.29, 0.717) is 5.92 Å². The first-order valence-corrected chi connectivity index (χ1v) is 6.29. The summed E-state index contributed by atoms with van der Waals surface area (Å²) in [6.45, 7) is 0. The summed E-state index contributed by atoms with van der Waals surface area (Å²) in [7, 11) is 0. The molecule has 0 heterocycles. The topological polar surface area (TPSA) is 0 Å². The van der Waals surface area contributed by atoms with E-state index in [9.17, 15) is 0 Å². The Hall–Kier alpha value is 1.75. The van der Waals surface area contributed by atoms with Gasteiger partial charge in [-0.2, -0.15) is 63.1 Å². The molecule has 0 aromatic rings. The zero-order chi connectivity index (χ0) is 8.85. The fourth-order valence-electron chi connectivity index (χ4n) is 0.771. The molecule has 2 unspecified atom stereocenters. The van der Waals surface area contributed by atoms with Gasteiger partial charge >= 0.3 is 0 Å². The lowest BCUT2D eigenvalue weighted by Crippen LogP contribution is -2.29. The Kier molecular flexibility index (Phi) is 8.32. The van der Waals surface area contributed by atoms with Crippen LogP contribution in [0.4, 0.5) is 0 Å². The van der Waals surface area contributed by atoms with Gasteiger partial charge in [-0.05, 0) is 11.7 Å². The number of thiol groups is 5. The lowest BCUT2D eigenvalue weighted by molar-refractivity contribution is 0.598. The lowest BCUT2D eigenvalue weighted by Gasteiger charge is -2.24. The van der Waals surface area contributed by atoms with Crippen molar-refractivity contribution in [1.29, 1.82) is 0 Å². The SMILES string of the molecule is SCC(S)C(CS)C(S)CS. The first kappa shape index (κ1) is 12.8. The van der Waals surface area contributed by atoms with Gasteiger partial charge in [0.2, 0.25) is 0 Å². The van der Waals surface area contributed by atoms with Crippen LogP contribution in [0.15, 0.2) is 0 Å². The molecule has 0 aliphatic carbocycles. The van der Waals surface area contributed by atoms with Crippen LogP contribution in [-0.4, -0.2) is 27.8 Å².